The Hall–Kier alpha value is -2.69. The largest absolute Gasteiger partial charge is 0.506 e. The average Bonchev–Trinajstić information content (AvgIpc) is 2.69. The highest BCUT2D eigenvalue weighted by Crippen LogP contribution is 2.27. The molecule has 0 spiro atoms. The second kappa shape index (κ2) is 8.80. The fourth-order valence-corrected chi connectivity index (χ4v) is 3.56. The van der Waals surface area contributed by atoms with E-state index in [1.807, 2.05) is 25.2 Å². The third-order valence-electron chi connectivity index (χ3n) is 5.19. The van der Waals surface area contributed by atoms with Crippen LogP contribution in [0, 0.1) is 6.92 Å². The predicted molar refractivity (Wildman–Crippen MR) is 113 cm³/mol. The summed E-state index contributed by atoms with van der Waals surface area (Å²) in [4.78, 5) is 9.00. The fourth-order valence-electron chi connectivity index (χ4n) is 3.56. The summed E-state index contributed by atoms with van der Waals surface area (Å²) in [5.74, 6) is 1.72. The molecule has 0 amide bonds. The highest BCUT2D eigenvalue weighted by atomic mass is 16.3. The molecule has 5 heteroatoms. The van der Waals surface area contributed by atoms with Crippen molar-refractivity contribution in [3.05, 3.63) is 59.7 Å². The first kappa shape index (κ1) is 19.1. The lowest BCUT2D eigenvalue weighted by Gasteiger charge is -2.38. The molecule has 2 aromatic carbocycles. The van der Waals surface area contributed by atoms with E-state index in [-0.39, 0.29) is 0 Å². The van der Waals surface area contributed by atoms with Crippen molar-refractivity contribution >= 4 is 11.6 Å². The van der Waals surface area contributed by atoms with Gasteiger partial charge in [0, 0.05) is 39.8 Å². The number of anilines is 1. The topological polar surface area (TPSA) is 51.1 Å². The zero-order chi connectivity index (χ0) is 19.2. The molecule has 3 rings (SSSR count). The zero-order valence-electron chi connectivity index (χ0n) is 16.5. The first-order valence-electron chi connectivity index (χ1n) is 9.63. The average molecular weight is 367 g/mol. The van der Waals surface area contributed by atoms with Gasteiger partial charge in [0.25, 0.3) is 0 Å². The van der Waals surface area contributed by atoms with Gasteiger partial charge >= 0.3 is 0 Å². The Morgan fingerprint density at radius 3 is 2.52 bits per heavy atom. The minimum Gasteiger partial charge on any atom is -0.506 e. The van der Waals surface area contributed by atoms with Crippen LogP contribution in [0.4, 0.5) is 5.69 Å². The highest BCUT2D eigenvalue weighted by Gasteiger charge is 2.21. The number of aromatic hydroxyl groups is 1. The van der Waals surface area contributed by atoms with Crippen LogP contribution in [0.2, 0.25) is 0 Å². The van der Waals surface area contributed by atoms with Crippen LogP contribution in [0.1, 0.15) is 24.0 Å². The van der Waals surface area contributed by atoms with E-state index in [1.165, 1.54) is 11.1 Å². The van der Waals surface area contributed by atoms with Crippen LogP contribution in [0.25, 0.3) is 0 Å². The Balaban J connectivity index is 1.54. The number of nitrogens with zero attached hydrogens (tertiary/aromatic N) is 3. The van der Waals surface area contributed by atoms with Crippen LogP contribution in [0.15, 0.2) is 53.5 Å². The molecule has 1 fully saturated rings. The standard InChI is InChI=1S/C22H30N4O/c1-17-7-6-8-19(15-17)18(2)16-24-22(23-3)26-13-11-25(12-14-26)20-9-4-5-10-21(20)27/h4-10,15,18,27H,11-14,16H2,1-3H3,(H,23,24). The number of hydrogen-bond acceptors (Lipinski definition) is 3. The van der Waals surface area contributed by atoms with Crippen LogP contribution < -0.4 is 10.2 Å². The van der Waals surface area contributed by atoms with Gasteiger partial charge in [-0.25, -0.2) is 0 Å². The molecule has 0 aliphatic carbocycles. The maximum absolute atomic E-state index is 10.1. The van der Waals surface area contributed by atoms with Gasteiger partial charge < -0.3 is 20.2 Å². The van der Waals surface area contributed by atoms with Crippen molar-refractivity contribution in [3.63, 3.8) is 0 Å². The van der Waals surface area contributed by atoms with Crippen molar-refractivity contribution in [2.24, 2.45) is 4.99 Å². The van der Waals surface area contributed by atoms with Crippen LogP contribution in [0.5, 0.6) is 5.75 Å². The Bertz CT molecular complexity index is 781. The molecule has 1 aliphatic heterocycles. The summed E-state index contributed by atoms with van der Waals surface area (Å²) in [5, 5.41) is 13.6. The number of rotatable bonds is 4. The van der Waals surface area contributed by atoms with Crippen LogP contribution in [-0.2, 0) is 0 Å². The van der Waals surface area contributed by atoms with Gasteiger partial charge in [0.05, 0.1) is 5.69 Å². The third-order valence-corrected chi connectivity index (χ3v) is 5.19. The summed E-state index contributed by atoms with van der Waals surface area (Å²) >= 11 is 0. The smallest absolute Gasteiger partial charge is 0.193 e. The van der Waals surface area contributed by atoms with E-state index in [9.17, 15) is 5.11 Å². The summed E-state index contributed by atoms with van der Waals surface area (Å²) in [6.45, 7) is 8.73. The van der Waals surface area contributed by atoms with Crippen molar-refractivity contribution in [2.45, 2.75) is 19.8 Å². The molecule has 144 valence electrons. The number of para-hydroxylation sites is 2. The lowest BCUT2D eigenvalue weighted by atomic mass is 9.99. The Labute approximate surface area is 162 Å². The highest BCUT2D eigenvalue weighted by molar-refractivity contribution is 5.80. The second-order valence-electron chi connectivity index (χ2n) is 7.21. The van der Waals surface area contributed by atoms with Gasteiger partial charge in [-0.05, 0) is 30.5 Å². The maximum atomic E-state index is 10.1. The van der Waals surface area contributed by atoms with E-state index in [0.717, 1.165) is 44.4 Å². The number of benzene rings is 2. The van der Waals surface area contributed by atoms with Crippen LogP contribution in [0.3, 0.4) is 0 Å². The van der Waals surface area contributed by atoms with Crippen LogP contribution in [-0.4, -0.2) is 55.7 Å². The molecule has 0 saturated carbocycles. The Morgan fingerprint density at radius 2 is 1.85 bits per heavy atom. The summed E-state index contributed by atoms with van der Waals surface area (Å²) in [7, 11) is 1.84. The van der Waals surface area contributed by atoms with Gasteiger partial charge in [0.2, 0.25) is 0 Å². The molecule has 0 radical (unpaired) electrons. The van der Waals surface area contributed by atoms with E-state index in [0.29, 0.717) is 11.7 Å². The second-order valence-corrected chi connectivity index (χ2v) is 7.21. The van der Waals surface area contributed by atoms with E-state index in [1.54, 1.807) is 6.07 Å². The van der Waals surface area contributed by atoms with Gasteiger partial charge in [-0.1, -0.05) is 48.9 Å². The minimum absolute atomic E-state index is 0.348. The maximum Gasteiger partial charge on any atom is 0.193 e. The van der Waals surface area contributed by atoms with Crippen molar-refractivity contribution in [1.29, 1.82) is 0 Å². The number of nitrogens with one attached hydrogen (secondary N) is 1. The molecular weight excluding hydrogens is 336 g/mol. The molecule has 2 N–H and O–H groups in total. The summed E-state index contributed by atoms with van der Waals surface area (Å²) in [5.41, 5.74) is 3.56. The fraction of sp³-hybridized carbons (Fsp3) is 0.409. The molecular formula is C22H30N4O. The van der Waals surface area contributed by atoms with Gasteiger partial charge in [0.1, 0.15) is 5.75 Å². The number of piperazine rings is 1. The van der Waals surface area contributed by atoms with Crippen molar-refractivity contribution in [1.82, 2.24) is 10.2 Å². The SMILES string of the molecule is CN=C(NCC(C)c1cccc(C)c1)N1CCN(c2ccccc2O)CC1. The molecule has 0 bridgehead atoms. The molecule has 27 heavy (non-hydrogen) atoms. The normalized spacial score (nSPS) is 16.3. The minimum atomic E-state index is 0.348. The van der Waals surface area contributed by atoms with E-state index in [2.05, 4.69) is 58.2 Å². The number of guanidine groups is 1. The lowest BCUT2D eigenvalue weighted by Crippen LogP contribution is -2.53. The first-order valence-corrected chi connectivity index (χ1v) is 9.63. The molecule has 1 saturated heterocycles. The summed E-state index contributed by atoms with van der Waals surface area (Å²) in [6.07, 6.45) is 0. The van der Waals surface area contributed by atoms with E-state index < -0.39 is 0 Å². The van der Waals surface area contributed by atoms with Crippen molar-refractivity contribution in [3.8, 4) is 5.75 Å². The molecule has 1 heterocycles. The summed E-state index contributed by atoms with van der Waals surface area (Å²) < 4.78 is 0. The number of phenols is 1. The lowest BCUT2D eigenvalue weighted by molar-refractivity contribution is 0.369. The summed E-state index contributed by atoms with van der Waals surface area (Å²) in [6, 6.07) is 16.2. The monoisotopic (exact) mass is 366 g/mol. The van der Waals surface area contributed by atoms with Gasteiger partial charge in [-0.2, -0.15) is 0 Å². The molecule has 2 aromatic rings. The zero-order valence-corrected chi connectivity index (χ0v) is 16.5. The van der Waals surface area contributed by atoms with Gasteiger partial charge in [-0.3, -0.25) is 4.99 Å². The first-order chi connectivity index (χ1) is 13.1. The quantitative estimate of drug-likeness (QED) is 0.644. The molecule has 1 aliphatic rings. The van der Waals surface area contributed by atoms with Gasteiger partial charge in [-0.15, -0.1) is 0 Å². The molecule has 0 aromatic heterocycles. The Kier molecular flexibility index (Phi) is 6.22. The van der Waals surface area contributed by atoms with Crippen molar-refractivity contribution in [2.75, 3.05) is 44.7 Å². The number of phenolic OH excluding ortho intramolecular Hbond substituents is 1. The Morgan fingerprint density at radius 1 is 1.11 bits per heavy atom. The molecule has 5 nitrogen and oxygen atoms in total. The van der Waals surface area contributed by atoms with Gasteiger partial charge in [0.15, 0.2) is 5.96 Å². The third kappa shape index (κ3) is 4.73. The molecule has 1 atom stereocenters. The number of hydrogen-bond donors (Lipinski definition) is 2. The van der Waals surface area contributed by atoms with Crippen LogP contribution >= 0.6 is 0 Å². The number of aliphatic imine (C=N–C) groups is 1. The molecule has 1 unspecified atom stereocenters. The van der Waals surface area contributed by atoms with E-state index in [4.69, 9.17) is 0 Å². The van der Waals surface area contributed by atoms with E-state index >= 15 is 0 Å². The van der Waals surface area contributed by atoms with Crippen molar-refractivity contribution < 1.29 is 5.11 Å². The number of aryl methyl sites for hydroxylation is 1. The predicted octanol–water partition coefficient (Wildman–Crippen LogP) is 3.20.